The molecule has 2 aromatic rings. The van der Waals surface area contributed by atoms with Crippen LogP contribution >= 0.6 is 11.8 Å². The van der Waals surface area contributed by atoms with Crippen LogP contribution in [0.15, 0.2) is 43.8 Å². The van der Waals surface area contributed by atoms with E-state index in [2.05, 4.69) is 20.2 Å². The predicted octanol–water partition coefficient (Wildman–Crippen LogP) is 0.264. The Hall–Kier alpha value is -2.44. The Kier molecular flexibility index (Phi) is 6.57. The van der Waals surface area contributed by atoms with Gasteiger partial charge < -0.3 is 5.32 Å². The zero-order chi connectivity index (χ0) is 20.2. The summed E-state index contributed by atoms with van der Waals surface area (Å²) in [5, 5.41) is 7.59. The summed E-state index contributed by atoms with van der Waals surface area (Å²) in [6.07, 6.45) is 0. The third-order valence-electron chi connectivity index (χ3n) is 3.16. The highest BCUT2D eigenvalue weighted by Gasteiger charge is 2.19. The van der Waals surface area contributed by atoms with E-state index in [0.29, 0.717) is 5.69 Å². The molecular formula is C15H19N5O5S2. The second kappa shape index (κ2) is 8.50. The molecule has 1 amide bonds. The summed E-state index contributed by atoms with van der Waals surface area (Å²) in [7, 11) is -3.61. The number of hydrogen-bond acceptors (Lipinski definition) is 7. The fourth-order valence-corrected chi connectivity index (χ4v) is 3.99. The number of sulfonamides is 1. The molecule has 1 atom stereocenters. The molecule has 27 heavy (non-hydrogen) atoms. The lowest BCUT2D eigenvalue weighted by atomic mass is 10.3. The first kappa shape index (κ1) is 20.9. The number of carbonyl (C=O) groups is 1. The number of benzene rings is 1. The maximum atomic E-state index is 12.2. The first-order valence-electron chi connectivity index (χ1n) is 7.87. The standard InChI is InChI=1S/C15H19N5O5S2/c1-8(2)20-27(24,25)11-6-4-10(5-7-11)16-12(21)9(3)26-14-13(22)17-15(23)19-18-14/h4-9,20H,1-3H3,(H,16,21)(H2,17,19,22,23)/t9-/m0/s1. The largest absolute Gasteiger partial charge is 0.342 e. The van der Waals surface area contributed by atoms with Gasteiger partial charge in [0.15, 0.2) is 5.03 Å². The van der Waals surface area contributed by atoms with Crippen LogP contribution in [0.2, 0.25) is 0 Å². The molecule has 0 unspecified atom stereocenters. The van der Waals surface area contributed by atoms with E-state index in [9.17, 15) is 22.8 Å². The Bertz CT molecular complexity index is 1030. The van der Waals surface area contributed by atoms with Crippen LogP contribution in [0.4, 0.5) is 5.69 Å². The molecule has 1 heterocycles. The maximum Gasteiger partial charge on any atom is 0.342 e. The highest BCUT2D eigenvalue weighted by molar-refractivity contribution is 8.00. The average molecular weight is 413 g/mol. The van der Waals surface area contributed by atoms with Gasteiger partial charge in [-0.15, -0.1) is 0 Å². The summed E-state index contributed by atoms with van der Waals surface area (Å²) >= 11 is 0.878. The first-order valence-corrected chi connectivity index (χ1v) is 10.2. The number of rotatable bonds is 7. The Morgan fingerprint density at radius 2 is 1.78 bits per heavy atom. The molecule has 0 aliphatic rings. The molecule has 0 fully saturated rings. The summed E-state index contributed by atoms with van der Waals surface area (Å²) in [6.45, 7) is 5.00. The van der Waals surface area contributed by atoms with E-state index < -0.39 is 32.4 Å². The van der Waals surface area contributed by atoms with E-state index in [1.807, 2.05) is 4.98 Å². The molecule has 0 radical (unpaired) electrons. The van der Waals surface area contributed by atoms with Gasteiger partial charge in [-0.1, -0.05) is 11.8 Å². The number of hydrogen-bond donors (Lipinski definition) is 4. The number of H-pyrrole nitrogens is 2. The second-order valence-electron chi connectivity index (χ2n) is 5.86. The molecule has 146 valence electrons. The van der Waals surface area contributed by atoms with Gasteiger partial charge in [-0.25, -0.2) is 23.0 Å². The highest BCUT2D eigenvalue weighted by Crippen LogP contribution is 2.19. The molecule has 4 N–H and O–H groups in total. The van der Waals surface area contributed by atoms with Gasteiger partial charge in [0.25, 0.3) is 5.56 Å². The van der Waals surface area contributed by atoms with Crippen molar-refractivity contribution in [1.29, 1.82) is 0 Å². The number of anilines is 1. The van der Waals surface area contributed by atoms with Gasteiger partial charge in [0, 0.05) is 11.7 Å². The van der Waals surface area contributed by atoms with Gasteiger partial charge in [-0.05, 0) is 45.0 Å². The molecule has 10 nitrogen and oxygen atoms in total. The van der Waals surface area contributed by atoms with Crippen LogP contribution in [0.3, 0.4) is 0 Å². The van der Waals surface area contributed by atoms with E-state index in [1.54, 1.807) is 20.8 Å². The summed E-state index contributed by atoms with van der Waals surface area (Å²) in [4.78, 5) is 36.9. The van der Waals surface area contributed by atoms with Gasteiger partial charge in [-0.3, -0.25) is 14.6 Å². The minimum absolute atomic E-state index is 0.0431. The number of aromatic nitrogens is 3. The van der Waals surface area contributed by atoms with Gasteiger partial charge in [-0.2, -0.15) is 5.10 Å². The van der Waals surface area contributed by atoms with E-state index in [0.717, 1.165) is 11.8 Å². The second-order valence-corrected chi connectivity index (χ2v) is 8.91. The quantitative estimate of drug-likeness (QED) is 0.475. The molecule has 0 aliphatic heterocycles. The number of nitrogens with zero attached hydrogens (tertiary/aromatic N) is 1. The number of carbonyl (C=O) groups excluding carboxylic acids is 1. The van der Waals surface area contributed by atoms with E-state index in [1.165, 1.54) is 24.3 Å². The summed E-state index contributed by atoms with van der Waals surface area (Å²) < 4.78 is 26.6. The fraction of sp³-hybridized carbons (Fsp3) is 0.333. The monoisotopic (exact) mass is 413 g/mol. The van der Waals surface area contributed by atoms with Crippen molar-refractivity contribution in [1.82, 2.24) is 19.9 Å². The Morgan fingerprint density at radius 1 is 1.15 bits per heavy atom. The Morgan fingerprint density at radius 3 is 2.33 bits per heavy atom. The van der Waals surface area contributed by atoms with Crippen LogP contribution in [0.25, 0.3) is 0 Å². The summed E-state index contributed by atoms with van der Waals surface area (Å²) in [5.41, 5.74) is -1.02. The lowest BCUT2D eigenvalue weighted by molar-refractivity contribution is -0.115. The summed E-state index contributed by atoms with van der Waals surface area (Å²) in [6, 6.07) is 5.46. The van der Waals surface area contributed by atoms with Crippen LogP contribution in [0, 0.1) is 0 Å². The van der Waals surface area contributed by atoms with Crippen molar-refractivity contribution in [2.24, 2.45) is 0 Å². The molecule has 1 aromatic heterocycles. The van der Waals surface area contributed by atoms with Crippen molar-refractivity contribution >= 4 is 33.4 Å². The van der Waals surface area contributed by atoms with E-state index in [-0.39, 0.29) is 16.0 Å². The zero-order valence-electron chi connectivity index (χ0n) is 14.8. The maximum absolute atomic E-state index is 12.2. The van der Waals surface area contributed by atoms with Crippen LogP contribution in [-0.2, 0) is 14.8 Å². The molecule has 0 bridgehead atoms. The van der Waals surface area contributed by atoms with Crippen molar-refractivity contribution < 1.29 is 13.2 Å². The lowest BCUT2D eigenvalue weighted by Gasteiger charge is -2.12. The smallest absolute Gasteiger partial charge is 0.325 e. The predicted molar refractivity (Wildman–Crippen MR) is 101 cm³/mol. The van der Waals surface area contributed by atoms with Crippen LogP contribution in [0.1, 0.15) is 20.8 Å². The van der Waals surface area contributed by atoms with E-state index >= 15 is 0 Å². The fourth-order valence-electron chi connectivity index (χ4n) is 1.98. The molecule has 12 heteroatoms. The highest BCUT2D eigenvalue weighted by atomic mass is 32.2. The lowest BCUT2D eigenvalue weighted by Crippen LogP contribution is -2.30. The van der Waals surface area contributed by atoms with Crippen molar-refractivity contribution in [2.75, 3.05) is 5.32 Å². The SMILES string of the molecule is CC(C)NS(=O)(=O)c1ccc(NC(=O)[C@H](C)Sc2n[nH]c(=O)[nH]c2=O)cc1. The molecule has 0 saturated heterocycles. The molecule has 0 saturated carbocycles. The van der Waals surface area contributed by atoms with Gasteiger partial charge >= 0.3 is 5.69 Å². The first-order chi connectivity index (χ1) is 12.6. The van der Waals surface area contributed by atoms with Gasteiger partial charge in [0.05, 0.1) is 10.1 Å². The Balaban J connectivity index is 2.05. The number of aromatic amines is 2. The van der Waals surface area contributed by atoms with Gasteiger partial charge in [0.2, 0.25) is 15.9 Å². The minimum atomic E-state index is -3.61. The van der Waals surface area contributed by atoms with Crippen LogP contribution < -0.4 is 21.3 Å². The van der Waals surface area contributed by atoms with Gasteiger partial charge in [0.1, 0.15) is 0 Å². The molecule has 0 aliphatic carbocycles. The number of nitrogens with one attached hydrogen (secondary N) is 4. The van der Waals surface area contributed by atoms with E-state index in [4.69, 9.17) is 0 Å². The van der Waals surface area contributed by atoms with Crippen molar-refractivity contribution in [3.8, 4) is 0 Å². The third kappa shape index (κ3) is 5.77. The normalized spacial score (nSPS) is 12.7. The van der Waals surface area contributed by atoms with Crippen LogP contribution in [0.5, 0.6) is 0 Å². The third-order valence-corrected chi connectivity index (χ3v) is 5.90. The summed E-state index contributed by atoms with van der Waals surface area (Å²) in [5.74, 6) is -0.414. The molecule has 2 rings (SSSR count). The topological polar surface area (TPSA) is 154 Å². The Labute approximate surface area is 159 Å². The molecular weight excluding hydrogens is 394 g/mol. The molecule has 1 aromatic carbocycles. The van der Waals surface area contributed by atoms with Crippen molar-refractivity contribution in [3.63, 3.8) is 0 Å². The minimum Gasteiger partial charge on any atom is -0.325 e. The number of amides is 1. The molecule has 0 spiro atoms. The van der Waals surface area contributed by atoms with Crippen molar-refractivity contribution in [2.45, 2.75) is 42.0 Å². The van der Waals surface area contributed by atoms with Crippen LogP contribution in [-0.4, -0.2) is 40.8 Å². The zero-order valence-corrected chi connectivity index (χ0v) is 16.4. The average Bonchev–Trinajstić information content (AvgIpc) is 2.56. The van der Waals surface area contributed by atoms with Crippen molar-refractivity contribution in [3.05, 3.63) is 45.1 Å². The number of thioether (sulfide) groups is 1.